The fourth-order valence-corrected chi connectivity index (χ4v) is 13.1. The van der Waals surface area contributed by atoms with Gasteiger partial charge in [0.25, 0.3) is 0 Å². The van der Waals surface area contributed by atoms with Crippen LogP contribution in [-0.2, 0) is 18.9 Å². The Morgan fingerprint density at radius 3 is 2.11 bits per heavy atom. The van der Waals surface area contributed by atoms with Crippen LogP contribution in [0.2, 0.25) is 0 Å². The van der Waals surface area contributed by atoms with Crippen molar-refractivity contribution < 1.29 is 70.0 Å². The average molecular weight is 787 g/mol. The van der Waals surface area contributed by atoms with Gasteiger partial charge in [-0.15, -0.1) is 0 Å². The number of aliphatic hydroxyl groups excluding tert-OH is 10. The van der Waals surface area contributed by atoms with Gasteiger partial charge in [-0.3, -0.25) is 0 Å². The summed E-state index contributed by atoms with van der Waals surface area (Å²) in [6, 6.07) is 0. The van der Waals surface area contributed by atoms with Gasteiger partial charge >= 0.3 is 0 Å². The maximum absolute atomic E-state index is 12.4. The molecule has 6 fully saturated rings. The minimum atomic E-state index is -1.68. The van der Waals surface area contributed by atoms with Crippen LogP contribution in [0.1, 0.15) is 99.8 Å². The summed E-state index contributed by atoms with van der Waals surface area (Å²) in [5.41, 5.74) is -1.58. The molecular formula is C41H70O14. The maximum Gasteiger partial charge on any atom is 0.187 e. The van der Waals surface area contributed by atoms with E-state index >= 15 is 0 Å². The zero-order valence-electron chi connectivity index (χ0n) is 33.7. The summed E-state index contributed by atoms with van der Waals surface area (Å²) < 4.78 is 24.0. The highest BCUT2D eigenvalue weighted by Crippen LogP contribution is 2.76. The van der Waals surface area contributed by atoms with Crippen molar-refractivity contribution in [1.29, 1.82) is 0 Å². The summed E-state index contributed by atoms with van der Waals surface area (Å²) >= 11 is 0. The normalized spacial score (nSPS) is 52.5. The summed E-state index contributed by atoms with van der Waals surface area (Å²) in [6.45, 7) is 14.0. The largest absolute Gasteiger partial charge is 0.393 e. The predicted octanol–water partition coefficient (Wildman–Crippen LogP) is 0.731. The zero-order chi connectivity index (χ0) is 40.6. The molecule has 0 radical (unpaired) electrons. The lowest BCUT2D eigenvalue weighted by Crippen LogP contribution is -2.68. The number of hydrogen-bond donors (Lipinski definition) is 10. The van der Waals surface area contributed by atoms with E-state index in [1.54, 1.807) is 0 Å². The molecule has 0 aromatic heterocycles. The molecule has 4 saturated carbocycles. The SMILES string of the molecule is C/C(=C\CC[C@](C)(O[C@@H]1O[C@@H](CO[C@H]2OC[C@@H](O)[C@@H](O)[C@H]2O)[C@@H](O)[C@@H](O)[C@H]1O)[C@H]1CC[C@@]2(C)[C@@H]1[C@@H](O)C[C@@H]1[C@@]3(C)C[C@H](O)[C@H](O)C(C)(C)[C@@H]3CC[C@@]12C)CO. The van der Waals surface area contributed by atoms with Crippen LogP contribution >= 0.6 is 0 Å². The van der Waals surface area contributed by atoms with Crippen LogP contribution in [0, 0.1) is 45.3 Å². The van der Waals surface area contributed by atoms with Crippen molar-refractivity contribution in [2.24, 2.45) is 45.3 Å². The topological polar surface area (TPSA) is 239 Å². The van der Waals surface area contributed by atoms with Crippen LogP contribution in [-0.4, -0.2) is 150 Å². The Hall–Kier alpha value is -0.820. The zero-order valence-corrected chi connectivity index (χ0v) is 33.7. The van der Waals surface area contributed by atoms with Crippen LogP contribution in [0.15, 0.2) is 11.6 Å². The van der Waals surface area contributed by atoms with Crippen molar-refractivity contribution >= 4 is 0 Å². The van der Waals surface area contributed by atoms with Gasteiger partial charge < -0.3 is 70.0 Å². The van der Waals surface area contributed by atoms with E-state index in [1.807, 2.05) is 19.9 Å². The van der Waals surface area contributed by atoms with Gasteiger partial charge in [0.15, 0.2) is 12.6 Å². The van der Waals surface area contributed by atoms with Crippen molar-refractivity contribution in [3.8, 4) is 0 Å². The van der Waals surface area contributed by atoms with E-state index in [1.165, 1.54) is 0 Å². The first-order valence-electron chi connectivity index (χ1n) is 20.5. The summed E-state index contributed by atoms with van der Waals surface area (Å²) in [6.07, 6.45) is -8.49. The summed E-state index contributed by atoms with van der Waals surface area (Å²) in [5, 5.41) is 108. The van der Waals surface area contributed by atoms with Crippen molar-refractivity contribution in [1.82, 2.24) is 0 Å². The molecule has 2 saturated heterocycles. The lowest BCUT2D eigenvalue weighted by atomic mass is 9.35. The minimum absolute atomic E-state index is 0.0921. The fraction of sp³-hybridized carbons (Fsp3) is 0.951. The van der Waals surface area contributed by atoms with E-state index in [0.29, 0.717) is 32.1 Å². The number of aliphatic hydroxyl groups is 10. The van der Waals surface area contributed by atoms with Crippen LogP contribution in [0.25, 0.3) is 0 Å². The Labute approximate surface area is 325 Å². The third kappa shape index (κ3) is 7.19. The van der Waals surface area contributed by atoms with Gasteiger partial charge in [0.1, 0.15) is 42.7 Å². The minimum Gasteiger partial charge on any atom is -0.393 e. The molecule has 55 heavy (non-hydrogen) atoms. The summed E-state index contributed by atoms with van der Waals surface area (Å²) in [4.78, 5) is 0. The van der Waals surface area contributed by atoms with Gasteiger partial charge in [0.2, 0.25) is 0 Å². The van der Waals surface area contributed by atoms with Gasteiger partial charge in [-0.25, -0.2) is 0 Å². The van der Waals surface area contributed by atoms with Crippen LogP contribution < -0.4 is 0 Å². The Morgan fingerprint density at radius 1 is 0.782 bits per heavy atom. The molecule has 0 bridgehead atoms. The van der Waals surface area contributed by atoms with Crippen molar-refractivity contribution in [2.75, 3.05) is 19.8 Å². The second kappa shape index (κ2) is 15.7. The molecule has 6 rings (SSSR count). The van der Waals surface area contributed by atoms with E-state index in [2.05, 4.69) is 34.6 Å². The van der Waals surface area contributed by atoms with Crippen LogP contribution in [0.5, 0.6) is 0 Å². The number of ether oxygens (including phenoxy) is 4. The predicted molar refractivity (Wildman–Crippen MR) is 198 cm³/mol. The van der Waals surface area contributed by atoms with Crippen molar-refractivity contribution in [3.63, 3.8) is 0 Å². The van der Waals surface area contributed by atoms with Crippen LogP contribution in [0.3, 0.4) is 0 Å². The molecule has 6 aliphatic rings. The molecule has 0 aromatic carbocycles. The molecule has 0 spiro atoms. The number of hydrogen-bond acceptors (Lipinski definition) is 14. The molecule has 0 amide bonds. The van der Waals surface area contributed by atoms with E-state index in [0.717, 1.165) is 24.8 Å². The molecule has 20 atom stereocenters. The van der Waals surface area contributed by atoms with E-state index in [-0.39, 0.29) is 53.1 Å². The Bertz CT molecular complexity index is 1380. The van der Waals surface area contributed by atoms with Crippen molar-refractivity contribution in [2.45, 2.75) is 179 Å². The lowest BCUT2D eigenvalue weighted by molar-refractivity contribution is -0.345. The van der Waals surface area contributed by atoms with Crippen LogP contribution in [0.4, 0.5) is 0 Å². The van der Waals surface area contributed by atoms with Gasteiger partial charge in [0, 0.05) is 0 Å². The molecule has 2 aliphatic heterocycles. The van der Waals surface area contributed by atoms with Gasteiger partial charge in [-0.1, -0.05) is 46.3 Å². The smallest absolute Gasteiger partial charge is 0.187 e. The molecule has 0 unspecified atom stereocenters. The second-order valence-electron chi connectivity index (χ2n) is 19.8. The molecule has 318 valence electrons. The van der Waals surface area contributed by atoms with Gasteiger partial charge in [-0.05, 0) is 111 Å². The quantitative estimate of drug-likeness (QED) is 0.138. The van der Waals surface area contributed by atoms with Crippen molar-refractivity contribution in [3.05, 3.63) is 11.6 Å². The Balaban J connectivity index is 1.27. The van der Waals surface area contributed by atoms with E-state index in [9.17, 15) is 51.1 Å². The third-order valence-corrected chi connectivity index (χ3v) is 16.4. The summed E-state index contributed by atoms with van der Waals surface area (Å²) in [5.74, 6) is -0.170. The molecule has 0 aromatic rings. The highest BCUT2D eigenvalue weighted by Gasteiger charge is 2.72. The Morgan fingerprint density at radius 2 is 1.44 bits per heavy atom. The second-order valence-corrected chi connectivity index (χ2v) is 19.8. The average Bonchev–Trinajstić information content (AvgIpc) is 3.51. The third-order valence-electron chi connectivity index (χ3n) is 16.4. The Kier molecular flexibility index (Phi) is 12.5. The standard InChI is InChI=1S/C41H70O14/c1-20(17-42)9-8-12-41(7,55-36-33(50)31(48)30(47)25(54-36)19-53-35-32(49)29(46)24(45)18-52-35)21-10-13-40(6)28(21)22(43)15-27-38(4)16-23(44)34(51)37(2,3)26(38)11-14-39(27,40)5/h9,21-36,42-51H,8,10-19H2,1-7H3/b20-9+/t21-,22-,23-,24+,25-,26-,27+,28-,29+,30+,31+,32+,33+,34-,35+,36-,38-,39-,40-,41-/m0/s1. The highest BCUT2D eigenvalue weighted by atomic mass is 16.7. The van der Waals surface area contributed by atoms with Gasteiger partial charge in [0.05, 0.1) is 43.7 Å². The molecule has 10 N–H and O–H groups in total. The monoisotopic (exact) mass is 786 g/mol. The first-order valence-corrected chi connectivity index (χ1v) is 20.5. The maximum atomic E-state index is 12.4. The number of fused-ring (bicyclic) bond motifs is 5. The molecule has 4 aliphatic carbocycles. The van der Waals surface area contributed by atoms with E-state index < -0.39 is 91.2 Å². The molecule has 2 heterocycles. The molecule has 14 nitrogen and oxygen atoms in total. The first-order chi connectivity index (χ1) is 25.6. The lowest BCUT2D eigenvalue weighted by Gasteiger charge is -2.71. The molecular weight excluding hydrogens is 716 g/mol. The van der Waals surface area contributed by atoms with Gasteiger partial charge in [-0.2, -0.15) is 0 Å². The number of rotatable bonds is 10. The van der Waals surface area contributed by atoms with E-state index in [4.69, 9.17) is 18.9 Å². The number of allylic oxidation sites excluding steroid dienone is 1. The first kappa shape index (κ1) is 43.8. The summed E-state index contributed by atoms with van der Waals surface area (Å²) in [7, 11) is 0. The highest BCUT2D eigenvalue weighted by molar-refractivity contribution is 5.21. The molecule has 14 heteroatoms. The fourth-order valence-electron chi connectivity index (χ4n) is 13.1.